The van der Waals surface area contributed by atoms with Crippen LogP contribution in [0.2, 0.25) is 0 Å². The van der Waals surface area contributed by atoms with Gasteiger partial charge in [-0.2, -0.15) is 0 Å². The second-order valence-electron chi connectivity index (χ2n) is 4.27. The first-order valence-electron chi connectivity index (χ1n) is 5.75. The monoisotopic (exact) mass is 255 g/mol. The molecule has 1 saturated heterocycles. The van der Waals surface area contributed by atoms with Gasteiger partial charge in [0.25, 0.3) is 0 Å². The molecule has 6 heteroatoms. The van der Waals surface area contributed by atoms with Crippen molar-refractivity contribution in [3.05, 3.63) is 24.3 Å². The van der Waals surface area contributed by atoms with Crippen molar-refractivity contribution in [2.24, 2.45) is 0 Å². The molecular weight excluding hydrogens is 238 g/mol. The highest BCUT2D eigenvalue weighted by Gasteiger charge is 2.37. The molecule has 18 heavy (non-hydrogen) atoms. The molecule has 0 aliphatic carbocycles. The molecule has 1 aliphatic heterocycles. The summed E-state index contributed by atoms with van der Waals surface area (Å²) in [6, 6.07) is 6.74. The van der Waals surface area contributed by atoms with Gasteiger partial charge in [-0.25, -0.2) is 0 Å². The van der Waals surface area contributed by atoms with Gasteiger partial charge in [-0.05, 0) is 24.3 Å². The zero-order valence-corrected chi connectivity index (χ0v) is 9.77. The number of benzene rings is 1. The van der Waals surface area contributed by atoms with Gasteiger partial charge in [-0.15, -0.1) is 0 Å². The van der Waals surface area contributed by atoms with E-state index in [1.807, 2.05) is 0 Å². The van der Waals surface area contributed by atoms with E-state index in [4.69, 9.17) is 20.3 Å². The summed E-state index contributed by atoms with van der Waals surface area (Å²) in [6.45, 7) is -0.375. The Morgan fingerprint density at radius 2 is 1.94 bits per heavy atom. The number of anilines is 1. The van der Waals surface area contributed by atoms with Gasteiger partial charge in [0.1, 0.15) is 18.0 Å². The van der Waals surface area contributed by atoms with E-state index in [2.05, 4.69) is 0 Å². The van der Waals surface area contributed by atoms with Crippen molar-refractivity contribution in [3.63, 3.8) is 0 Å². The number of ether oxygens (including phenoxy) is 2. The molecule has 0 saturated carbocycles. The van der Waals surface area contributed by atoms with Crippen molar-refractivity contribution in [1.82, 2.24) is 0 Å². The number of hydrogen-bond acceptors (Lipinski definition) is 6. The summed E-state index contributed by atoms with van der Waals surface area (Å²) in [5.41, 5.74) is 6.17. The minimum absolute atomic E-state index is 0.141. The molecule has 6 nitrogen and oxygen atoms in total. The van der Waals surface area contributed by atoms with E-state index in [0.717, 1.165) is 0 Å². The second-order valence-corrected chi connectivity index (χ2v) is 4.27. The van der Waals surface area contributed by atoms with Crippen molar-refractivity contribution in [2.75, 3.05) is 12.3 Å². The lowest BCUT2D eigenvalue weighted by Crippen LogP contribution is -2.51. The molecule has 1 aromatic rings. The lowest BCUT2D eigenvalue weighted by Gasteiger charge is -2.36. The molecule has 100 valence electrons. The maximum Gasteiger partial charge on any atom is 0.202 e. The molecule has 0 amide bonds. The van der Waals surface area contributed by atoms with Crippen LogP contribution in [0.15, 0.2) is 24.3 Å². The van der Waals surface area contributed by atoms with Crippen LogP contribution >= 0.6 is 0 Å². The molecule has 1 fully saturated rings. The lowest BCUT2D eigenvalue weighted by atomic mass is 10.0. The van der Waals surface area contributed by atoms with Crippen LogP contribution in [0.25, 0.3) is 0 Å². The summed E-state index contributed by atoms with van der Waals surface area (Å²) in [4.78, 5) is 0. The summed E-state index contributed by atoms with van der Waals surface area (Å²) in [6.07, 6.45) is -3.48. The van der Waals surface area contributed by atoms with Crippen molar-refractivity contribution in [2.45, 2.75) is 31.0 Å². The zero-order valence-electron chi connectivity index (χ0n) is 9.77. The molecule has 0 aromatic heterocycles. The highest BCUT2D eigenvalue weighted by atomic mass is 16.7. The number of hydrogen-bond donors (Lipinski definition) is 4. The minimum Gasteiger partial charge on any atom is -0.465 e. The molecule has 4 atom stereocenters. The average molecular weight is 255 g/mol. The van der Waals surface area contributed by atoms with Crippen LogP contribution in [0.1, 0.15) is 6.42 Å². The van der Waals surface area contributed by atoms with E-state index in [1.54, 1.807) is 24.3 Å². The SMILES string of the molecule is Nc1ccc(O[C@H]2C[C@@H](O)C(O)[C@@H](CO)O2)cc1. The highest BCUT2D eigenvalue weighted by molar-refractivity contribution is 5.41. The van der Waals surface area contributed by atoms with Crippen LogP contribution in [-0.4, -0.2) is 46.5 Å². The first-order chi connectivity index (χ1) is 8.60. The number of nitrogens with two attached hydrogens (primary N) is 1. The first-order valence-corrected chi connectivity index (χ1v) is 5.75. The molecule has 0 bridgehead atoms. The van der Waals surface area contributed by atoms with Gasteiger partial charge < -0.3 is 30.5 Å². The Bertz CT molecular complexity index is 383. The number of rotatable bonds is 3. The maximum atomic E-state index is 9.63. The van der Waals surface area contributed by atoms with E-state index < -0.39 is 24.6 Å². The molecule has 1 unspecified atom stereocenters. The van der Waals surface area contributed by atoms with Crippen molar-refractivity contribution in [3.8, 4) is 5.75 Å². The minimum atomic E-state index is -1.10. The van der Waals surface area contributed by atoms with Gasteiger partial charge in [-0.1, -0.05) is 0 Å². The average Bonchev–Trinajstić information content (AvgIpc) is 2.36. The fourth-order valence-corrected chi connectivity index (χ4v) is 1.84. The molecule has 0 spiro atoms. The summed E-state index contributed by atoms with van der Waals surface area (Å²) < 4.78 is 10.8. The van der Waals surface area contributed by atoms with Crippen LogP contribution in [-0.2, 0) is 4.74 Å². The third kappa shape index (κ3) is 2.91. The van der Waals surface area contributed by atoms with Gasteiger partial charge in [0, 0.05) is 12.1 Å². The number of nitrogen functional groups attached to an aromatic ring is 1. The molecule has 2 rings (SSSR count). The van der Waals surface area contributed by atoms with Gasteiger partial charge >= 0.3 is 0 Å². The van der Waals surface area contributed by atoms with Crippen molar-refractivity contribution in [1.29, 1.82) is 0 Å². The Hall–Kier alpha value is -1.34. The molecule has 5 N–H and O–H groups in total. The smallest absolute Gasteiger partial charge is 0.202 e. The topological polar surface area (TPSA) is 105 Å². The van der Waals surface area contributed by atoms with Crippen molar-refractivity contribution < 1.29 is 24.8 Å². The maximum absolute atomic E-state index is 9.63. The summed E-state index contributed by atoms with van der Waals surface area (Å²) in [5, 5.41) is 28.2. The lowest BCUT2D eigenvalue weighted by molar-refractivity contribution is -0.229. The Morgan fingerprint density at radius 1 is 1.28 bits per heavy atom. The fraction of sp³-hybridized carbons (Fsp3) is 0.500. The quantitative estimate of drug-likeness (QED) is 0.541. The predicted octanol–water partition coefficient (Wildman–Crippen LogP) is -0.523. The van der Waals surface area contributed by atoms with Crippen LogP contribution in [0.3, 0.4) is 0 Å². The van der Waals surface area contributed by atoms with Crippen LogP contribution in [0, 0.1) is 0 Å². The Balaban J connectivity index is 1.99. The molecule has 1 aromatic carbocycles. The largest absolute Gasteiger partial charge is 0.465 e. The Morgan fingerprint density at radius 3 is 2.56 bits per heavy atom. The van der Waals surface area contributed by atoms with E-state index in [-0.39, 0.29) is 13.0 Å². The standard InChI is InChI=1S/C12H17NO5/c13-7-1-3-8(4-2-7)17-11-5-9(15)12(16)10(6-14)18-11/h1-4,9-12,14-16H,5-6,13H2/t9-,10-,11-,12?/m1/s1. The third-order valence-corrected chi connectivity index (χ3v) is 2.86. The Kier molecular flexibility index (Phi) is 4.03. The third-order valence-electron chi connectivity index (χ3n) is 2.86. The fourth-order valence-electron chi connectivity index (χ4n) is 1.84. The van der Waals surface area contributed by atoms with E-state index >= 15 is 0 Å². The molecule has 0 radical (unpaired) electrons. The van der Waals surface area contributed by atoms with Gasteiger partial charge in [0.15, 0.2) is 0 Å². The summed E-state index contributed by atoms with van der Waals surface area (Å²) >= 11 is 0. The number of aliphatic hydroxyl groups excluding tert-OH is 3. The van der Waals surface area contributed by atoms with E-state index in [9.17, 15) is 10.2 Å². The Labute approximate surface area is 105 Å². The van der Waals surface area contributed by atoms with E-state index in [1.165, 1.54) is 0 Å². The molecule has 1 heterocycles. The van der Waals surface area contributed by atoms with Gasteiger partial charge in [0.2, 0.25) is 6.29 Å². The van der Waals surface area contributed by atoms with Crippen LogP contribution < -0.4 is 10.5 Å². The van der Waals surface area contributed by atoms with Gasteiger partial charge in [-0.3, -0.25) is 0 Å². The highest BCUT2D eigenvalue weighted by Crippen LogP contribution is 2.24. The molecular formula is C12H17NO5. The number of aliphatic hydroxyl groups is 3. The van der Waals surface area contributed by atoms with Crippen molar-refractivity contribution >= 4 is 5.69 Å². The zero-order chi connectivity index (χ0) is 13.1. The summed E-state index contributed by atoms with van der Waals surface area (Å²) in [5.74, 6) is 0.550. The second kappa shape index (κ2) is 5.53. The first kappa shape index (κ1) is 13.1. The molecule has 1 aliphatic rings. The normalized spacial score (nSPS) is 32.2. The van der Waals surface area contributed by atoms with Gasteiger partial charge in [0.05, 0.1) is 12.7 Å². The predicted molar refractivity (Wildman–Crippen MR) is 63.9 cm³/mol. The van der Waals surface area contributed by atoms with Crippen LogP contribution in [0.4, 0.5) is 5.69 Å². The summed E-state index contributed by atoms with van der Waals surface area (Å²) in [7, 11) is 0. The van der Waals surface area contributed by atoms with Crippen LogP contribution in [0.5, 0.6) is 5.75 Å². The van der Waals surface area contributed by atoms with E-state index in [0.29, 0.717) is 11.4 Å².